The maximum Gasteiger partial charge on any atom is 0.224 e. The number of imidazole rings is 1. The van der Waals surface area contributed by atoms with Gasteiger partial charge in [-0.25, -0.2) is 4.98 Å². The molecule has 0 saturated carbocycles. The van der Waals surface area contributed by atoms with Crippen molar-refractivity contribution in [2.24, 2.45) is 0 Å². The summed E-state index contributed by atoms with van der Waals surface area (Å²) < 4.78 is 0. The Balaban J connectivity index is 0.00000242. The number of halogens is 1. The van der Waals surface area contributed by atoms with Gasteiger partial charge in [0.1, 0.15) is 0 Å². The normalized spacial score (nSPS) is 10.0. The zero-order valence-corrected chi connectivity index (χ0v) is 13.6. The van der Waals surface area contributed by atoms with Crippen molar-refractivity contribution in [1.29, 1.82) is 0 Å². The van der Waals surface area contributed by atoms with Gasteiger partial charge in [0.05, 0.1) is 11.9 Å². The van der Waals surface area contributed by atoms with Crippen LogP contribution in [0.4, 0.5) is 11.6 Å². The number of carbonyl (C=O) groups excluding carboxylic acids is 1. The molecular formula is C16H23ClN4O. The van der Waals surface area contributed by atoms with Gasteiger partial charge in [-0.1, -0.05) is 38.3 Å². The largest absolute Gasteiger partial charge is 0.369 e. The summed E-state index contributed by atoms with van der Waals surface area (Å²) in [6.45, 7) is 2.16. The van der Waals surface area contributed by atoms with E-state index < -0.39 is 0 Å². The van der Waals surface area contributed by atoms with Crippen LogP contribution in [-0.4, -0.2) is 15.9 Å². The van der Waals surface area contributed by atoms with Crippen LogP contribution in [0.3, 0.4) is 0 Å². The molecule has 0 radical (unpaired) electrons. The van der Waals surface area contributed by atoms with E-state index in [0.717, 1.165) is 29.8 Å². The second kappa shape index (κ2) is 9.10. The summed E-state index contributed by atoms with van der Waals surface area (Å²) in [6.07, 6.45) is 6.71. The average molecular weight is 323 g/mol. The Morgan fingerprint density at radius 1 is 1.23 bits per heavy atom. The summed E-state index contributed by atoms with van der Waals surface area (Å²) in [5.74, 6) is 0.471. The van der Waals surface area contributed by atoms with E-state index in [2.05, 4.69) is 22.2 Å². The molecule has 1 amide bonds. The van der Waals surface area contributed by atoms with Crippen LogP contribution in [-0.2, 0) is 4.79 Å². The molecule has 0 atom stereocenters. The molecule has 0 aliphatic heterocycles. The molecule has 0 fully saturated rings. The number of rotatable bonds is 7. The summed E-state index contributed by atoms with van der Waals surface area (Å²) in [5, 5.41) is 2.91. The maximum atomic E-state index is 11.8. The maximum absolute atomic E-state index is 11.8. The van der Waals surface area contributed by atoms with Crippen LogP contribution in [0.25, 0.3) is 11.3 Å². The van der Waals surface area contributed by atoms with Gasteiger partial charge in [-0.15, -0.1) is 12.4 Å². The Labute approximate surface area is 137 Å². The van der Waals surface area contributed by atoms with Crippen molar-refractivity contribution in [3.8, 4) is 11.3 Å². The number of nitrogen functional groups attached to an aromatic ring is 1. The predicted molar refractivity (Wildman–Crippen MR) is 93.1 cm³/mol. The van der Waals surface area contributed by atoms with E-state index in [1.165, 1.54) is 12.8 Å². The van der Waals surface area contributed by atoms with Crippen molar-refractivity contribution >= 4 is 29.9 Å². The van der Waals surface area contributed by atoms with E-state index in [4.69, 9.17) is 5.73 Å². The molecule has 6 heteroatoms. The molecule has 22 heavy (non-hydrogen) atoms. The lowest BCUT2D eigenvalue weighted by molar-refractivity contribution is -0.116. The number of nitrogens with zero attached hydrogens (tertiary/aromatic N) is 1. The minimum Gasteiger partial charge on any atom is -0.369 e. The highest BCUT2D eigenvalue weighted by molar-refractivity contribution is 5.90. The lowest BCUT2D eigenvalue weighted by atomic mass is 10.1. The first kappa shape index (κ1) is 18.0. The van der Waals surface area contributed by atoms with Gasteiger partial charge < -0.3 is 16.0 Å². The zero-order chi connectivity index (χ0) is 15.1. The molecule has 0 bridgehead atoms. The highest BCUT2D eigenvalue weighted by Gasteiger charge is 2.04. The van der Waals surface area contributed by atoms with Gasteiger partial charge in [0.15, 0.2) is 5.95 Å². The van der Waals surface area contributed by atoms with Gasteiger partial charge in [-0.2, -0.15) is 0 Å². The molecule has 4 N–H and O–H groups in total. The summed E-state index contributed by atoms with van der Waals surface area (Å²) >= 11 is 0. The Bertz CT molecular complexity index is 580. The first-order valence-electron chi connectivity index (χ1n) is 7.40. The summed E-state index contributed by atoms with van der Waals surface area (Å²) in [4.78, 5) is 18.7. The second-order valence-corrected chi connectivity index (χ2v) is 5.12. The van der Waals surface area contributed by atoms with Gasteiger partial charge >= 0.3 is 0 Å². The fourth-order valence-electron chi connectivity index (χ4n) is 2.15. The molecule has 2 rings (SSSR count). The number of hydrogen-bond donors (Lipinski definition) is 3. The number of hydrogen-bond acceptors (Lipinski definition) is 3. The van der Waals surface area contributed by atoms with Crippen LogP contribution in [0, 0.1) is 0 Å². The minimum atomic E-state index is 0. The Kier molecular flexibility index (Phi) is 7.46. The summed E-state index contributed by atoms with van der Waals surface area (Å²) in [6, 6.07) is 7.63. The van der Waals surface area contributed by atoms with Crippen molar-refractivity contribution in [2.45, 2.75) is 39.0 Å². The molecular weight excluding hydrogens is 300 g/mol. The van der Waals surface area contributed by atoms with E-state index >= 15 is 0 Å². The van der Waals surface area contributed by atoms with Gasteiger partial charge in [0.25, 0.3) is 0 Å². The topological polar surface area (TPSA) is 83.8 Å². The number of unbranched alkanes of at least 4 members (excludes halogenated alkanes) is 3. The summed E-state index contributed by atoms with van der Waals surface area (Å²) in [7, 11) is 0. The van der Waals surface area contributed by atoms with Crippen LogP contribution < -0.4 is 11.1 Å². The van der Waals surface area contributed by atoms with E-state index in [9.17, 15) is 4.79 Å². The van der Waals surface area contributed by atoms with Gasteiger partial charge in [0.2, 0.25) is 5.91 Å². The van der Waals surface area contributed by atoms with Crippen molar-refractivity contribution in [3.63, 3.8) is 0 Å². The number of carbonyl (C=O) groups is 1. The van der Waals surface area contributed by atoms with E-state index in [1.54, 1.807) is 6.20 Å². The molecule has 0 aliphatic rings. The van der Waals surface area contributed by atoms with Crippen molar-refractivity contribution in [3.05, 3.63) is 30.5 Å². The Morgan fingerprint density at radius 2 is 1.95 bits per heavy atom. The monoisotopic (exact) mass is 322 g/mol. The third-order valence-corrected chi connectivity index (χ3v) is 3.33. The molecule has 1 aromatic heterocycles. The molecule has 0 saturated heterocycles. The molecule has 1 aromatic carbocycles. The van der Waals surface area contributed by atoms with Crippen molar-refractivity contribution < 1.29 is 4.79 Å². The minimum absolute atomic E-state index is 0. The van der Waals surface area contributed by atoms with Crippen LogP contribution >= 0.6 is 12.4 Å². The third-order valence-electron chi connectivity index (χ3n) is 3.33. The number of amides is 1. The molecule has 2 aromatic rings. The number of H-pyrrole nitrogens is 1. The highest BCUT2D eigenvalue weighted by atomic mass is 35.5. The molecule has 0 spiro atoms. The predicted octanol–water partition coefficient (Wildman–Crippen LogP) is 3.99. The quantitative estimate of drug-likeness (QED) is 0.674. The van der Waals surface area contributed by atoms with Gasteiger partial charge in [-0.05, 0) is 24.1 Å². The van der Waals surface area contributed by atoms with Crippen LogP contribution in [0.15, 0.2) is 30.5 Å². The fourth-order valence-corrected chi connectivity index (χ4v) is 2.15. The number of aromatic nitrogens is 2. The highest BCUT2D eigenvalue weighted by Crippen LogP contribution is 2.20. The lowest BCUT2D eigenvalue weighted by Crippen LogP contribution is -2.10. The third kappa shape index (κ3) is 5.41. The average Bonchev–Trinajstić information content (AvgIpc) is 2.91. The fraction of sp³-hybridized carbons (Fsp3) is 0.375. The first-order chi connectivity index (χ1) is 10.2. The molecule has 0 unspecified atom stereocenters. The Morgan fingerprint density at radius 3 is 2.55 bits per heavy atom. The summed E-state index contributed by atoms with van der Waals surface area (Å²) in [5.41, 5.74) is 8.22. The smallest absolute Gasteiger partial charge is 0.224 e. The zero-order valence-electron chi connectivity index (χ0n) is 12.8. The van der Waals surface area contributed by atoms with Gasteiger partial charge in [0, 0.05) is 12.1 Å². The number of nitrogens with one attached hydrogen (secondary N) is 2. The molecule has 1 heterocycles. The number of aromatic amines is 1. The standard InChI is InChI=1S/C16H22N4O.ClH/c1-2-3-4-5-6-15(21)19-13-9-7-12(8-10-13)14-11-18-16(17)20-14;/h7-11H,2-6H2,1H3,(H,19,21)(H3,17,18,20);1H. The second-order valence-electron chi connectivity index (χ2n) is 5.12. The Hall–Kier alpha value is -2.01. The SMILES string of the molecule is CCCCCCC(=O)Nc1ccc(-c2cnc(N)[nH]2)cc1.Cl. The molecule has 0 aliphatic carbocycles. The van der Waals surface area contributed by atoms with Crippen LogP contribution in [0.5, 0.6) is 0 Å². The van der Waals surface area contributed by atoms with E-state index in [0.29, 0.717) is 12.4 Å². The lowest BCUT2D eigenvalue weighted by Gasteiger charge is -2.06. The van der Waals surface area contributed by atoms with E-state index in [-0.39, 0.29) is 18.3 Å². The van der Waals surface area contributed by atoms with Crippen LogP contribution in [0.1, 0.15) is 39.0 Å². The van der Waals surface area contributed by atoms with Gasteiger partial charge in [-0.3, -0.25) is 4.79 Å². The number of benzene rings is 1. The molecule has 120 valence electrons. The van der Waals surface area contributed by atoms with E-state index in [1.807, 2.05) is 24.3 Å². The van der Waals surface area contributed by atoms with Crippen molar-refractivity contribution in [2.75, 3.05) is 11.1 Å². The molecule has 5 nitrogen and oxygen atoms in total. The van der Waals surface area contributed by atoms with Crippen LogP contribution in [0.2, 0.25) is 0 Å². The van der Waals surface area contributed by atoms with Crippen molar-refractivity contribution in [1.82, 2.24) is 9.97 Å². The number of nitrogens with two attached hydrogens (primary N) is 1. The number of anilines is 2. The first-order valence-corrected chi connectivity index (χ1v) is 7.40.